The molecular weight excluding hydrogens is 198 g/mol. The second-order valence-electron chi connectivity index (χ2n) is 4.05. The van der Waals surface area contributed by atoms with Crippen molar-refractivity contribution < 1.29 is 0 Å². The molecule has 4 rings (SSSR count). The van der Waals surface area contributed by atoms with Crippen molar-refractivity contribution in [2.75, 3.05) is 11.1 Å². The number of fused-ring (bicyclic) bond motifs is 2. The average molecular weight is 211 g/mol. The van der Waals surface area contributed by atoms with E-state index in [-0.39, 0.29) is 0 Å². The Hall–Kier alpha value is -2.03. The fourth-order valence-corrected chi connectivity index (χ4v) is 1.88. The van der Waals surface area contributed by atoms with Crippen LogP contribution in [0.1, 0.15) is 16.8 Å². The van der Waals surface area contributed by atoms with E-state index in [0.29, 0.717) is 0 Å². The minimum atomic E-state index is 0.765. The monoisotopic (exact) mass is 211 g/mol. The number of nitrogens with zero attached hydrogens (tertiary/aromatic N) is 1. The summed E-state index contributed by atoms with van der Waals surface area (Å²) in [7, 11) is 0. The topological polar surface area (TPSA) is 50.9 Å². The molecule has 2 aliphatic rings. The first-order valence-corrected chi connectivity index (χ1v) is 5.39. The first-order chi connectivity index (χ1) is 7.83. The van der Waals surface area contributed by atoms with Gasteiger partial charge < -0.3 is 11.1 Å². The summed E-state index contributed by atoms with van der Waals surface area (Å²) >= 11 is 0. The number of rotatable bonds is 3. The summed E-state index contributed by atoms with van der Waals surface area (Å²) in [4.78, 5) is 4.43. The zero-order valence-corrected chi connectivity index (χ0v) is 8.90. The molecule has 0 spiro atoms. The zero-order chi connectivity index (χ0) is 11.0. The molecule has 0 radical (unpaired) electrons. The van der Waals surface area contributed by atoms with Crippen molar-refractivity contribution in [3.05, 3.63) is 53.2 Å². The third-order valence-electron chi connectivity index (χ3n) is 2.87. The van der Waals surface area contributed by atoms with Gasteiger partial charge in [-0.15, -0.1) is 0 Å². The Morgan fingerprint density at radius 2 is 2.00 bits per heavy atom. The quantitative estimate of drug-likeness (QED) is 0.698. The Kier molecular flexibility index (Phi) is 2.03. The normalized spacial score (nSPS) is 12.0. The summed E-state index contributed by atoms with van der Waals surface area (Å²) in [5, 5.41) is 3.27. The van der Waals surface area contributed by atoms with Gasteiger partial charge in [-0.3, -0.25) is 0 Å². The maximum atomic E-state index is 5.97. The van der Waals surface area contributed by atoms with E-state index in [1.54, 1.807) is 0 Å². The van der Waals surface area contributed by atoms with Crippen molar-refractivity contribution in [2.24, 2.45) is 0 Å². The first kappa shape index (κ1) is 9.21. The Balaban J connectivity index is 1.75. The van der Waals surface area contributed by atoms with Crippen LogP contribution in [0, 0.1) is 0 Å². The number of pyridine rings is 1. The van der Waals surface area contributed by atoms with Crippen LogP contribution in [0.2, 0.25) is 0 Å². The minimum absolute atomic E-state index is 0.765. The molecule has 80 valence electrons. The highest BCUT2D eigenvalue weighted by Crippen LogP contribution is 2.31. The molecule has 16 heavy (non-hydrogen) atoms. The average Bonchev–Trinajstić information content (AvgIpc) is 2.27. The fourth-order valence-electron chi connectivity index (χ4n) is 1.88. The maximum absolute atomic E-state index is 5.97. The van der Waals surface area contributed by atoms with Crippen LogP contribution in [0.5, 0.6) is 0 Å². The van der Waals surface area contributed by atoms with Gasteiger partial charge in [0.15, 0.2) is 0 Å². The number of nitrogens with one attached hydrogen (secondary N) is 1. The molecule has 2 aromatic rings. The second-order valence-corrected chi connectivity index (χ2v) is 4.05. The summed E-state index contributed by atoms with van der Waals surface area (Å²) in [6.07, 6.45) is 0.933. The second kappa shape index (κ2) is 3.52. The van der Waals surface area contributed by atoms with Gasteiger partial charge in [-0.05, 0) is 17.2 Å². The summed E-state index contributed by atoms with van der Waals surface area (Å²) in [6.45, 7) is 0.765. The van der Waals surface area contributed by atoms with E-state index >= 15 is 0 Å². The predicted molar refractivity (Wildman–Crippen MR) is 65.2 cm³/mol. The molecule has 0 unspecified atom stereocenters. The Morgan fingerprint density at radius 3 is 2.69 bits per heavy atom. The molecule has 0 amide bonds. The highest BCUT2D eigenvalue weighted by Gasteiger charge is 2.18. The van der Waals surface area contributed by atoms with Crippen LogP contribution in [-0.4, -0.2) is 4.98 Å². The number of hydrogen-bond acceptors (Lipinski definition) is 3. The van der Waals surface area contributed by atoms with Gasteiger partial charge >= 0.3 is 0 Å². The lowest BCUT2D eigenvalue weighted by Gasteiger charge is -2.20. The SMILES string of the molecule is Nc1c2cc(nc1NCc1ccccc1)C2. The summed E-state index contributed by atoms with van der Waals surface area (Å²) in [5.41, 5.74) is 10.3. The first-order valence-electron chi connectivity index (χ1n) is 5.39. The van der Waals surface area contributed by atoms with Crippen LogP contribution in [-0.2, 0) is 13.0 Å². The highest BCUT2D eigenvalue weighted by atomic mass is 15.0. The molecule has 1 aliphatic carbocycles. The van der Waals surface area contributed by atoms with Crippen LogP contribution in [0.25, 0.3) is 0 Å². The van der Waals surface area contributed by atoms with E-state index in [1.165, 1.54) is 11.1 Å². The molecule has 0 saturated carbocycles. The van der Waals surface area contributed by atoms with E-state index in [2.05, 4.69) is 22.4 Å². The number of nitrogen functional groups attached to an aromatic ring is 1. The molecule has 1 aromatic heterocycles. The van der Waals surface area contributed by atoms with Gasteiger partial charge in [0, 0.05) is 18.7 Å². The van der Waals surface area contributed by atoms with Crippen molar-refractivity contribution in [2.45, 2.75) is 13.0 Å². The Morgan fingerprint density at radius 1 is 1.25 bits per heavy atom. The lowest BCUT2D eigenvalue weighted by molar-refractivity contribution is 0.969. The molecule has 1 aliphatic heterocycles. The summed E-state index contributed by atoms with van der Waals surface area (Å²) in [5.74, 6) is 0.822. The smallest absolute Gasteiger partial charge is 0.150 e. The summed E-state index contributed by atoms with van der Waals surface area (Å²) in [6, 6.07) is 12.3. The van der Waals surface area contributed by atoms with Crippen LogP contribution in [0.4, 0.5) is 11.5 Å². The number of hydrogen-bond donors (Lipinski definition) is 2. The lowest BCUT2D eigenvalue weighted by atomic mass is 9.97. The van der Waals surface area contributed by atoms with Gasteiger partial charge in [-0.2, -0.15) is 0 Å². The van der Waals surface area contributed by atoms with Crippen molar-refractivity contribution in [3.63, 3.8) is 0 Å². The van der Waals surface area contributed by atoms with E-state index in [4.69, 9.17) is 5.73 Å². The van der Waals surface area contributed by atoms with Crippen molar-refractivity contribution >= 4 is 11.5 Å². The van der Waals surface area contributed by atoms with Crippen LogP contribution in [0.15, 0.2) is 36.4 Å². The van der Waals surface area contributed by atoms with Crippen LogP contribution >= 0.6 is 0 Å². The number of benzene rings is 1. The molecule has 2 heterocycles. The van der Waals surface area contributed by atoms with Gasteiger partial charge in [-0.1, -0.05) is 30.3 Å². The minimum Gasteiger partial charge on any atom is -0.396 e. The standard InChI is InChI=1S/C13H13N3/c14-12-10-6-11(7-10)16-13(12)15-8-9-4-2-1-3-5-9/h1-6H,7-8,14H2,(H,15,16). The third kappa shape index (κ3) is 1.50. The third-order valence-corrected chi connectivity index (χ3v) is 2.87. The number of aromatic nitrogens is 1. The van der Waals surface area contributed by atoms with Crippen molar-refractivity contribution in [1.29, 1.82) is 0 Å². The van der Waals surface area contributed by atoms with Crippen molar-refractivity contribution in [3.8, 4) is 0 Å². The molecule has 3 heteroatoms. The zero-order valence-electron chi connectivity index (χ0n) is 8.90. The van der Waals surface area contributed by atoms with Crippen molar-refractivity contribution in [1.82, 2.24) is 4.98 Å². The van der Waals surface area contributed by atoms with Gasteiger partial charge in [0.1, 0.15) is 5.82 Å². The van der Waals surface area contributed by atoms with Gasteiger partial charge in [0.25, 0.3) is 0 Å². The van der Waals surface area contributed by atoms with E-state index < -0.39 is 0 Å². The van der Waals surface area contributed by atoms with Gasteiger partial charge in [0.05, 0.1) is 5.69 Å². The maximum Gasteiger partial charge on any atom is 0.150 e. The molecule has 1 aromatic carbocycles. The van der Waals surface area contributed by atoms with Crippen LogP contribution in [0.3, 0.4) is 0 Å². The molecule has 3 nitrogen and oxygen atoms in total. The van der Waals surface area contributed by atoms with Gasteiger partial charge in [0.2, 0.25) is 0 Å². The summed E-state index contributed by atoms with van der Waals surface area (Å²) < 4.78 is 0. The molecule has 2 bridgehead atoms. The Labute approximate surface area is 94.3 Å². The predicted octanol–water partition coefficient (Wildman–Crippen LogP) is 2.18. The van der Waals surface area contributed by atoms with E-state index in [9.17, 15) is 0 Å². The lowest BCUT2D eigenvalue weighted by Crippen LogP contribution is -2.14. The Bertz CT molecular complexity index is 520. The van der Waals surface area contributed by atoms with Gasteiger partial charge in [-0.25, -0.2) is 4.98 Å². The van der Waals surface area contributed by atoms with Crippen LogP contribution < -0.4 is 11.1 Å². The molecule has 0 fully saturated rings. The van der Waals surface area contributed by atoms with E-state index in [1.807, 2.05) is 24.3 Å². The number of anilines is 2. The van der Waals surface area contributed by atoms with E-state index in [0.717, 1.165) is 30.2 Å². The molecule has 0 saturated heterocycles. The molecular formula is C13H13N3. The highest BCUT2D eigenvalue weighted by molar-refractivity contribution is 5.70. The largest absolute Gasteiger partial charge is 0.396 e. The molecule has 0 atom stereocenters. The fraction of sp³-hybridized carbons (Fsp3) is 0.154. The molecule has 3 N–H and O–H groups in total. The number of nitrogens with two attached hydrogens (primary N) is 1.